The molecule has 0 heterocycles. The van der Waals surface area contributed by atoms with Gasteiger partial charge in [-0.15, -0.1) is 0 Å². The Labute approximate surface area is 114 Å². The van der Waals surface area contributed by atoms with Crippen molar-refractivity contribution in [2.45, 2.75) is 20.3 Å². The fraction of sp³-hybridized carbons (Fsp3) is 0.500. The quantitative estimate of drug-likeness (QED) is 0.832. The second-order valence-corrected chi connectivity index (χ2v) is 5.57. The summed E-state index contributed by atoms with van der Waals surface area (Å²) < 4.78 is 7.27. The van der Waals surface area contributed by atoms with Gasteiger partial charge in [0.25, 0.3) is 0 Å². The molecule has 4 heteroatoms. The summed E-state index contributed by atoms with van der Waals surface area (Å²) in [6, 6.07) is 3.99. The number of methoxy groups -OCH3 is 1. The first-order chi connectivity index (χ1) is 7.58. The van der Waals surface area contributed by atoms with Gasteiger partial charge in [-0.2, -0.15) is 0 Å². The van der Waals surface area contributed by atoms with Gasteiger partial charge in [0.15, 0.2) is 0 Å². The maximum Gasteiger partial charge on any atom is 0.135 e. The first kappa shape index (κ1) is 13.8. The van der Waals surface area contributed by atoms with Crippen molar-refractivity contribution in [2.24, 2.45) is 5.92 Å². The lowest BCUT2D eigenvalue weighted by atomic mass is 10.1. The van der Waals surface area contributed by atoms with Crippen molar-refractivity contribution in [1.82, 2.24) is 0 Å². The number of benzene rings is 1. The third kappa shape index (κ3) is 3.67. The lowest BCUT2D eigenvalue weighted by molar-refractivity contribution is 0.412. The molecule has 0 aromatic heterocycles. The standard InChI is InChI=1S/C12H17Br2NO/c1-4-8(2)7-15-11-6-12(16-3)10(14)5-9(11)13/h5-6,8,15H,4,7H2,1-3H3. The Kier molecular flexibility index (Phi) is 5.62. The minimum absolute atomic E-state index is 0.668. The van der Waals surface area contributed by atoms with Crippen molar-refractivity contribution in [3.63, 3.8) is 0 Å². The highest BCUT2D eigenvalue weighted by molar-refractivity contribution is 9.11. The van der Waals surface area contributed by atoms with Crippen molar-refractivity contribution in [2.75, 3.05) is 19.0 Å². The summed E-state index contributed by atoms with van der Waals surface area (Å²) in [4.78, 5) is 0. The average Bonchev–Trinajstić information content (AvgIpc) is 2.27. The van der Waals surface area contributed by atoms with Gasteiger partial charge in [0, 0.05) is 17.1 Å². The smallest absolute Gasteiger partial charge is 0.135 e. The van der Waals surface area contributed by atoms with Crippen LogP contribution in [0.25, 0.3) is 0 Å². The van der Waals surface area contributed by atoms with Gasteiger partial charge in [-0.3, -0.25) is 0 Å². The largest absolute Gasteiger partial charge is 0.495 e. The molecule has 1 N–H and O–H groups in total. The number of anilines is 1. The fourth-order valence-corrected chi connectivity index (χ4v) is 2.55. The van der Waals surface area contributed by atoms with E-state index in [9.17, 15) is 0 Å². The molecular formula is C12H17Br2NO. The van der Waals surface area contributed by atoms with E-state index in [0.29, 0.717) is 5.92 Å². The highest BCUT2D eigenvalue weighted by Crippen LogP contribution is 2.34. The Morgan fingerprint density at radius 2 is 2.00 bits per heavy atom. The van der Waals surface area contributed by atoms with Crippen LogP contribution in [0.2, 0.25) is 0 Å². The highest BCUT2D eigenvalue weighted by atomic mass is 79.9. The lowest BCUT2D eigenvalue weighted by Crippen LogP contribution is -2.10. The van der Waals surface area contributed by atoms with E-state index >= 15 is 0 Å². The number of nitrogens with one attached hydrogen (secondary N) is 1. The van der Waals surface area contributed by atoms with Crippen LogP contribution in [0.3, 0.4) is 0 Å². The predicted molar refractivity (Wildman–Crippen MR) is 76.3 cm³/mol. The van der Waals surface area contributed by atoms with Gasteiger partial charge < -0.3 is 10.1 Å². The zero-order valence-electron chi connectivity index (χ0n) is 9.81. The van der Waals surface area contributed by atoms with Crippen molar-refractivity contribution < 1.29 is 4.74 Å². The SMILES string of the molecule is CCC(C)CNc1cc(OC)c(Br)cc1Br. The molecule has 0 saturated carbocycles. The Morgan fingerprint density at radius 1 is 1.31 bits per heavy atom. The second kappa shape index (κ2) is 6.50. The van der Waals surface area contributed by atoms with E-state index in [1.165, 1.54) is 6.42 Å². The average molecular weight is 351 g/mol. The van der Waals surface area contributed by atoms with Gasteiger partial charge in [-0.05, 0) is 43.8 Å². The summed E-state index contributed by atoms with van der Waals surface area (Å²) in [6.45, 7) is 5.40. The van der Waals surface area contributed by atoms with Crippen molar-refractivity contribution in [3.8, 4) is 5.75 Å². The van der Waals surface area contributed by atoms with E-state index in [0.717, 1.165) is 26.9 Å². The Balaban J connectivity index is 2.79. The maximum absolute atomic E-state index is 5.27. The summed E-state index contributed by atoms with van der Waals surface area (Å²) in [5.74, 6) is 1.51. The normalized spacial score (nSPS) is 12.3. The first-order valence-corrected chi connectivity index (χ1v) is 6.94. The summed E-state index contributed by atoms with van der Waals surface area (Å²) in [6.07, 6.45) is 1.18. The van der Waals surface area contributed by atoms with Crippen LogP contribution in [0.4, 0.5) is 5.69 Å². The van der Waals surface area contributed by atoms with E-state index in [1.54, 1.807) is 7.11 Å². The molecule has 0 bridgehead atoms. The molecule has 90 valence electrons. The van der Waals surface area contributed by atoms with Crippen LogP contribution in [0, 0.1) is 5.92 Å². The van der Waals surface area contributed by atoms with E-state index in [4.69, 9.17) is 4.74 Å². The van der Waals surface area contributed by atoms with E-state index in [2.05, 4.69) is 51.0 Å². The molecule has 0 aliphatic rings. The number of hydrogen-bond donors (Lipinski definition) is 1. The molecule has 1 aromatic carbocycles. The molecule has 1 unspecified atom stereocenters. The Morgan fingerprint density at radius 3 is 2.56 bits per heavy atom. The molecule has 0 saturated heterocycles. The molecule has 0 fully saturated rings. The van der Waals surface area contributed by atoms with Gasteiger partial charge in [0.2, 0.25) is 0 Å². The van der Waals surface area contributed by atoms with E-state index in [1.807, 2.05) is 12.1 Å². The van der Waals surface area contributed by atoms with Crippen molar-refractivity contribution in [3.05, 3.63) is 21.1 Å². The van der Waals surface area contributed by atoms with Crippen molar-refractivity contribution >= 4 is 37.5 Å². The Hall–Kier alpha value is -0.220. The molecule has 2 nitrogen and oxygen atoms in total. The van der Waals surface area contributed by atoms with Gasteiger partial charge in [0.1, 0.15) is 5.75 Å². The Bertz CT molecular complexity index is 355. The lowest BCUT2D eigenvalue weighted by Gasteiger charge is -2.14. The summed E-state index contributed by atoms with van der Waals surface area (Å²) in [5, 5.41) is 3.42. The van der Waals surface area contributed by atoms with Gasteiger partial charge >= 0.3 is 0 Å². The van der Waals surface area contributed by atoms with Crippen LogP contribution >= 0.6 is 31.9 Å². The molecular weight excluding hydrogens is 334 g/mol. The molecule has 0 spiro atoms. The first-order valence-electron chi connectivity index (χ1n) is 5.35. The molecule has 0 amide bonds. The molecule has 0 radical (unpaired) electrons. The minimum Gasteiger partial charge on any atom is -0.495 e. The predicted octanol–water partition coefficient (Wildman–Crippen LogP) is 4.68. The number of ether oxygens (including phenoxy) is 1. The van der Waals surface area contributed by atoms with Crippen LogP contribution in [0.15, 0.2) is 21.1 Å². The second-order valence-electron chi connectivity index (χ2n) is 3.86. The molecule has 16 heavy (non-hydrogen) atoms. The van der Waals surface area contributed by atoms with Crippen LogP contribution in [-0.2, 0) is 0 Å². The third-order valence-corrected chi connectivity index (χ3v) is 3.86. The molecule has 1 aromatic rings. The highest BCUT2D eigenvalue weighted by Gasteiger charge is 2.07. The minimum atomic E-state index is 0.668. The zero-order chi connectivity index (χ0) is 12.1. The molecule has 0 aliphatic heterocycles. The van der Waals surface area contributed by atoms with Crippen molar-refractivity contribution in [1.29, 1.82) is 0 Å². The van der Waals surface area contributed by atoms with Crippen LogP contribution in [0.5, 0.6) is 5.75 Å². The summed E-state index contributed by atoms with van der Waals surface area (Å²) >= 11 is 6.99. The van der Waals surface area contributed by atoms with E-state index in [-0.39, 0.29) is 0 Å². The molecule has 1 atom stereocenters. The van der Waals surface area contributed by atoms with E-state index < -0.39 is 0 Å². The molecule has 0 aliphatic carbocycles. The summed E-state index contributed by atoms with van der Waals surface area (Å²) in [7, 11) is 1.67. The topological polar surface area (TPSA) is 21.3 Å². The van der Waals surface area contributed by atoms with Gasteiger partial charge in [-0.25, -0.2) is 0 Å². The summed E-state index contributed by atoms with van der Waals surface area (Å²) in [5.41, 5.74) is 1.07. The third-order valence-electron chi connectivity index (χ3n) is 2.58. The maximum atomic E-state index is 5.27. The monoisotopic (exact) mass is 349 g/mol. The fourth-order valence-electron chi connectivity index (χ4n) is 1.25. The van der Waals surface area contributed by atoms with Crippen LogP contribution < -0.4 is 10.1 Å². The number of rotatable bonds is 5. The van der Waals surface area contributed by atoms with Crippen LogP contribution in [-0.4, -0.2) is 13.7 Å². The number of hydrogen-bond acceptors (Lipinski definition) is 2. The number of halogens is 2. The zero-order valence-corrected chi connectivity index (χ0v) is 13.0. The van der Waals surface area contributed by atoms with Crippen LogP contribution in [0.1, 0.15) is 20.3 Å². The van der Waals surface area contributed by atoms with Gasteiger partial charge in [0.05, 0.1) is 17.3 Å². The molecule has 1 rings (SSSR count). The van der Waals surface area contributed by atoms with Gasteiger partial charge in [-0.1, -0.05) is 20.3 Å².